The first-order valence-electron chi connectivity index (χ1n) is 7.92. The molecule has 2 fully saturated rings. The van der Waals surface area contributed by atoms with Gasteiger partial charge in [0.05, 0.1) is 0 Å². The summed E-state index contributed by atoms with van der Waals surface area (Å²) in [5.41, 5.74) is 6.00. The molecule has 0 bridgehead atoms. The summed E-state index contributed by atoms with van der Waals surface area (Å²) in [7, 11) is 0. The molecule has 3 heteroatoms. The molecule has 0 aromatic rings. The summed E-state index contributed by atoms with van der Waals surface area (Å²) in [6, 6.07) is 0.371. The Kier molecular flexibility index (Phi) is 3.92. The van der Waals surface area contributed by atoms with Gasteiger partial charge in [0.2, 0.25) is 5.91 Å². The van der Waals surface area contributed by atoms with Gasteiger partial charge in [-0.15, -0.1) is 0 Å². The van der Waals surface area contributed by atoms with Gasteiger partial charge in [0.15, 0.2) is 0 Å². The van der Waals surface area contributed by atoms with E-state index in [9.17, 15) is 4.79 Å². The van der Waals surface area contributed by atoms with Crippen LogP contribution in [0.2, 0.25) is 0 Å². The van der Waals surface area contributed by atoms with Gasteiger partial charge < -0.3 is 11.1 Å². The molecule has 0 spiro atoms. The molecule has 0 aromatic heterocycles. The normalized spacial score (nSPS) is 38.4. The Hall–Kier alpha value is -0.830. The Morgan fingerprint density at radius 2 is 1.89 bits per heavy atom. The van der Waals surface area contributed by atoms with Gasteiger partial charge >= 0.3 is 0 Å². The van der Waals surface area contributed by atoms with E-state index in [1.807, 2.05) is 0 Å². The van der Waals surface area contributed by atoms with Crippen LogP contribution in [0, 0.1) is 23.7 Å². The Balaban J connectivity index is 1.42. The summed E-state index contributed by atoms with van der Waals surface area (Å²) >= 11 is 0. The zero-order chi connectivity index (χ0) is 13.2. The van der Waals surface area contributed by atoms with Gasteiger partial charge in [-0.3, -0.25) is 4.79 Å². The molecular formula is C16H26N2O. The lowest BCUT2D eigenvalue weighted by atomic mass is 9.72. The van der Waals surface area contributed by atoms with Crippen LogP contribution < -0.4 is 11.1 Å². The third-order valence-corrected chi connectivity index (χ3v) is 5.46. The van der Waals surface area contributed by atoms with Gasteiger partial charge in [0, 0.05) is 18.5 Å². The van der Waals surface area contributed by atoms with Crippen molar-refractivity contribution >= 4 is 5.91 Å². The number of nitrogens with two attached hydrogens (primary N) is 1. The molecular weight excluding hydrogens is 236 g/mol. The van der Waals surface area contributed by atoms with Crippen LogP contribution in [-0.4, -0.2) is 18.5 Å². The van der Waals surface area contributed by atoms with Crippen LogP contribution >= 0.6 is 0 Å². The molecule has 2 saturated carbocycles. The molecule has 0 aliphatic heterocycles. The fourth-order valence-electron chi connectivity index (χ4n) is 4.13. The minimum atomic E-state index is 0.243. The van der Waals surface area contributed by atoms with Crippen molar-refractivity contribution in [3.63, 3.8) is 0 Å². The number of hydrogen-bond acceptors (Lipinski definition) is 2. The van der Waals surface area contributed by atoms with Crippen molar-refractivity contribution in [3.8, 4) is 0 Å². The molecule has 106 valence electrons. The zero-order valence-electron chi connectivity index (χ0n) is 11.7. The van der Waals surface area contributed by atoms with Crippen LogP contribution in [0.4, 0.5) is 0 Å². The lowest BCUT2D eigenvalue weighted by Crippen LogP contribution is -2.44. The highest BCUT2D eigenvalue weighted by Gasteiger charge is 2.47. The quantitative estimate of drug-likeness (QED) is 0.766. The maximum Gasteiger partial charge on any atom is 0.223 e. The van der Waals surface area contributed by atoms with Crippen LogP contribution in [0.15, 0.2) is 12.2 Å². The molecule has 3 aliphatic carbocycles. The van der Waals surface area contributed by atoms with Crippen molar-refractivity contribution in [2.24, 2.45) is 29.4 Å². The maximum absolute atomic E-state index is 12.2. The van der Waals surface area contributed by atoms with Crippen LogP contribution in [0.1, 0.15) is 44.9 Å². The van der Waals surface area contributed by atoms with Crippen LogP contribution in [-0.2, 0) is 4.79 Å². The molecule has 3 rings (SSSR count). The highest BCUT2D eigenvalue weighted by atomic mass is 16.1. The number of carbonyl (C=O) groups is 1. The number of amides is 1. The van der Waals surface area contributed by atoms with Crippen LogP contribution in [0.25, 0.3) is 0 Å². The number of fused-ring (bicyclic) bond motifs is 1. The predicted molar refractivity (Wildman–Crippen MR) is 76.4 cm³/mol. The van der Waals surface area contributed by atoms with Crippen molar-refractivity contribution in [1.82, 2.24) is 5.32 Å². The predicted octanol–water partition coefficient (Wildman–Crippen LogP) is 2.22. The largest absolute Gasteiger partial charge is 0.356 e. The molecule has 3 aliphatic rings. The Labute approximate surface area is 116 Å². The van der Waals surface area contributed by atoms with E-state index >= 15 is 0 Å². The number of nitrogens with one attached hydrogen (secondary N) is 1. The van der Waals surface area contributed by atoms with Crippen molar-refractivity contribution in [2.75, 3.05) is 6.54 Å². The molecule has 1 unspecified atom stereocenters. The summed E-state index contributed by atoms with van der Waals surface area (Å²) in [5.74, 6) is 2.58. The van der Waals surface area contributed by atoms with Gasteiger partial charge in [-0.05, 0) is 62.7 Å². The average Bonchev–Trinajstić information content (AvgIpc) is 2.59. The van der Waals surface area contributed by atoms with E-state index in [-0.39, 0.29) is 5.92 Å². The number of allylic oxidation sites excluding steroid dienone is 2. The van der Waals surface area contributed by atoms with Crippen molar-refractivity contribution in [1.29, 1.82) is 0 Å². The van der Waals surface area contributed by atoms with Crippen LogP contribution in [0.3, 0.4) is 0 Å². The lowest BCUT2D eigenvalue weighted by molar-refractivity contribution is -0.125. The van der Waals surface area contributed by atoms with Crippen molar-refractivity contribution < 1.29 is 4.79 Å². The standard InChI is InChI=1S/C16H26N2O/c17-15-9-12-7-13(8-14(12)15)16(19)18-10-11-5-3-1-2-4-6-11/h1-2,11-15H,3-10,17H2,(H,18,19)/t12-,13?,14-,15+/m0/s1. The fraction of sp³-hybridized carbons (Fsp3) is 0.812. The summed E-state index contributed by atoms with van der Waals surface area (Å²) in [5, 5.41) is 3.20. The fourth-order valence-corrected chi connectivity index (χ4v) is 4.13. The van der Waals surface area contributed by atoms with Gasteiger partial charge in [-0.25, -0.2) is 0 Å². The van der Waals surface area contributed by atoms with E-state index in [1.54, 1.807) is 0 Å². The van der Waals surface area contributed by atoms with Gasteiger partial charge in [0.1, 0.15) is 0 Å². The number of carbonyl (C=O) groups excluding carboxylic acids is 1. The van der Waals surface area contributed by atoms with Gasteiger partial charge in [-0.2, -0.15) is 0 Å². The Morgan fingerprint density at radius 3 is 2.53 bits per heavy atom. The second-order valence-corrected chi connectivity index (χ2v) is 6.73. The first-order valence-corrected chi connectivity index (χ1v) is 7.92. The Morgan fingerprint density at radius 1 is 1.16 bits per heavy atom. The second-order valence-electron chi connectivity index (χ2n) is 6.73. The van der Waals surface area contributed by atoms with E-state index < -0.39 is 0 Å². The van der Waals surface area contributed by atoms with Gasteiger partial charge in [-0.1, -0.05) is 12.2 Å². The zero-order valence-corrected chi connectivity index (χ0v) is 11.7. The molecule has 1 amide bonds. The molecule has 3 nitrogen and oxygen atoms in total. The molecule has 19 heavy (non-hydrogen) atoms. The minimum Gasteiger partial charge on any atom is -0.356 e. The monoisotopic (exact) mass is 262 g/mol. The van der Waals surface area contributed by atoms with Crippen LogP contribution in [0.5, 0.6) is 0 Å². The molecule has 0 aromatic carbocycles. The van der Waals surface area contributed by atoms with E-state index in [4.69, 9.17) is 5.73 Å². The SMILES string of the molecule is N[C@@H]1C[C@@H]2CC(C(=O)NCC3CCC=CCC3)C[C@@H]21. The van der Waals surface area contributed by atoms with E-state index in [0.717, 1.165) is 31.7 Å². The van der Waals surface area contributed by atoms with Gasteiger partial charge in [0.25, 0.3) is 0 Å². The topological polar surface area (TPSA) is 55.1 Å². The molecule has 0 heterocycles. The molecule has 4 atom stereocenters. The number of hydrogen-bond donors (Lipinski definition) is 2. The molecule has 0 saturated heterocycles. The summed E-state index contributed by atoms with van der Waals surface area (Å²) in [6.45, 7) is 0.873. The second kappa shape index (κ2) is 5.66. The third-order valence-electron chi connectivity index (χ3n) is 5.46. The average molecular weight is 262 g/mol. The highest BCUT2D eigenvalue weighted by Crippen LogP contribution is 2.48. The highest BCUT2D eigenvalue weighted by molar-refractivity contribution is 5.79. The first-order chi connectivity index (χ1) is 9.24. The summed E-state index contributed by atoms with van der Waals surface area (Å²) in [4.78, 5) is 12.2. The third kappa shape index (κ3) is 2.86. The molecule has 0 radical (unpaired) electrons. The minimum absolute atomic E-state index is 0.243. The summed E-state index contributed by atoms with van der Waals surface area (Å²) < 4.78 is 0. The van der Waals surface area contributed by atoms with E-state index in [0.29, 0.717) is 23.8 Å². The maximum atomic E-state index is 12.2. The number of rotatable bonds is 3. The van der Waals surface area contributed by atoms with Crippen molar-refractivity contribution in [3.05, 3.63) is 12.2 Å². The molecule has 3 N–H and O–H groups in total. The Bertz CT molecular complexity index is 356. The first kappa shape index (κ1) is 13.2. The summed E-state index contributed by atoms with van der Waals surface area (Å²) in [6.07, 6.45) is 12.6. The van der Waals surface area contributed by atoms with E-state index in [2.05, 4.69) is 17.5 Å². The van der Waals surface area contributed by atoms with E-state index in [1.165, 1.54) is 25.7 Å². The lowest BCUT2D eigenvalue weighted by Gasteiger charge is -2.37. The smallest absolute Gasteiger partial charge is 0.223 e. The van der Waals surface area contributed by atoms with Crippen molar-refractivity contribution in [2.45, 2.75) is 51.0 Å².